The van der Waals surface area contributed by atoms with Crippen molar-refractivity contribution in [2.24, 2.45) is 11.1 Å². The Morgan fingerprint density at radius 2 is 2.12 bits per heavy atom. The molecule has 0 aromatic carbocycles. The van der Waals surface area contributed by atoms with Crippen LogP contribution in [-0.4, -0.2) is 34.4 Å². The second-order valence-corrected chi connectivity index (χ2v) is 7.76. The molecule has 0 atom stereocenters. The second kappa shape index (κ2) is 8.29. The van der Waals surface area contributed by atoms with Crippen molar-refractivity contribution >= 4 is 39.9 Å². The Morgan fingerprint density at radius 1 is 1.40 bits per heavy atom. The van der Waals surface area contributed by atoms with Gasteiger partial charge >= 0.3 is 0 Å². The highest BCUT2D eigenvalue weighted by Crippen LogP contribution is 2.38. The van der Waals surface area contributed by atoms with Gasteiger partial charge in [-0.05, 0) is 36.2 Å². The number of carbonyl (C=O) groups excluding carboxylic acids is 1. The van der Waals surface area contributed by atoms with E-state index in [1.165, 1.54) is 17.8 Å². The van der Waals surface area contributed by atoms with Gasteiger partial charge in [0.15, 0.2) is 0 Å². The lowest BCUT2D eigenvalue weighted by Crippen LogP contribution is -2.39. The van der Waals surface area contributed by atoms with Crippen molar-refractivity contribution in [1.29, 1.82) is 0 Å². The van der Waals surface area contributed by atoms with Gasteiger partial charge in [-0.2, -0.15) is 0 Å². The molecule has 2 aromatic rings. The Hall–Kier alpha value is -1.44. The van der Waals surface area contributed by atoms with Gasteiger partial charge in [0.05, 0.1) is 12.1 Å². The van der Waals surface area contributed by atoms with Crippen molar-refractivity contribution in [3.05, 3.63) is 27.6 Å². The average molecular weight is 385 g/mol. The van der Waals surface area contributed by atoms with Crippen LogP contribution in [0.15, 0.2) is 16.2 Å². The molecule has 3 rings (SSSR count). The molecule has 0 aliphatic heterocycles. The first-order valence-electron chi connectivity index (χ1n) is 8.43. The number of aromatic nitrogens is 2. The summed E-state index contributed by atoms with van der Waals surface area (Å²) in [6, 6.07) is 1.83. The van der Waals surface area contributed by atoms with Crippen LogP contribution in [0.1, 0.15) is 44.3 Å². The van der Waals surface area contributed by atoms with E-state index >= 15 is 0 Å². The second-order valence-electron chi connectivity index (χ2n) is 6.84. The molecule has 0 unspecified atom stereocenters. The number of nitrogens with one attached hydrogen (secondary N) is 1. The van der Waals surface area contributed by atoms with Gasteiger partial charge in [0, 0.05) is 13.5 Å². The Bertz CT molecular complexity index is 782. The third kappa shape index (κ3) is 4.40. The molecule has 138 valence electrons. The molecular formula is C17H25ClN4O2S. The number of nitrogens with two attached hydrogens (primary N) is 1. The van der Waals surface area contributed by atoms with Crippen LogP contribution in [0.5, 0.6) is 0 Å². The third-order valence-electron chi connectivity index (χ3n) is 5.05. The molecule has 6 nitrogen and oxygen atoms in total. The van der Waals surface area contributed by atoms with Gasteiger partial charge in [-0.1, -0.05) is 19.3 Å². The molecule has 0 spiro atoms. The Balaban J connectivity index is 0.00000225. The summed E-state index contributed by atoms with van der Waals surface area (Å²) in [5.74, 6) is 0.586. The largest absolute Gasteiger partial charge is 0.338 e. The summed E-state index contributed by atoms with van der Waals surface area (Å²) in [7, 11) is 1.76. The maximum atomic E-state index is 12.6. The molecule has 1 fully saturated rings. The first kappa shape index (κ1) is 19.9. The van der Waals surface area contributed by atoms with Crippen LogP contribution in [-0.2, 0) is 11.3 Å². The number of hydrogen-bond acceptors (Lipinski definition) is 5. The van der Waals surface area contributed by atoms with Crippen molar-refractivity contribution < 1.29 is 4.79 Å². The third-order valence-corrected chi connectivity index (χ3v) is 5.95. The molecule has 0 saturated heterocycles. The van der Waals surface area contributed by atoms with Crippen LogP contribution in [0.3, 0.4) is 0 Å². The monoisotopic (exact) mass is 384 g/mol. The van der Waals surface area contributed by atoms with Gasteiger partial charge in [0.2, 0.25) is 5.91 Å². The summed E-state index contributed by atoms with van der Waals surface area (Å²) < 4.78 is 0.622. The van der Waals surface area contributed by atoms with Crippen LogP contribution in [0.2, 0.25) is 0 Å². The molecule has 1 aliphatic rings. The zero-order valence-corrected chi connectivity index (χ0v) is 16.0. The molecule has 1 amide bonds. The minimum atomic E-state index is -0.142. The van der Waals surface area contributed by atoms with E-state index in [0.29, 0.717) is 35.6 Å². The number of halogens is 1. The van der Waals surface area contributed by atoms with E-state index in [2.05, 4.69) is 9.97 Å². The van der Waals surface area contributed by atoms with Crippen molar-refractivity contribution in [3.8, 4) is 0 Å². The summed E-state index contributed by atoms with van der Waals surface area (Å²) in [5.41, 5.74) is 6.47. The fourth-order valence-electron chi connectivity index (χ4n) is 3.52. The molecule has 8 heteroatoms. The number of nitrogens with zero attached hydrogens (tertiary/aromatic N) is 2. The number of hydrogen-bond donors (Lipinski definition) is 2. The van der Waals surface area contributed by atoms with Gasteiger partial charge in [-0.25, -0.2) is 4.98 Å². The van der Waals surface area contributed by atoms with Gasteiger partial charge in [-0.3, -0.25) is 9.59 Å². The molecule has 2 heterocycles. The predicted molar refractivity (Wildman–Crippen MR) is 103 cm³/mol. The van der Waals surface area contributed by atoms with Crippen molar-refractivity contribution in [2.75, 3.05) is 13.6 Å². The van der Waals surface area contributed by atoms with Crippen molar-refractivity contribution in [3.63, 3.8) is 0 Å². The molecule has 3 N–H and O–H groups in total. The highest BCUT2D eigenvalue weighted by Gasteiger charge is 2.33. The average Bonchev–Trinajstić information content (AvgIpc) is 3.04. The molecule has 1 aliphatic carbocycles. The lowest BCUT2D eigenvalue weighted by Gasteiger charge is -2.36. The van der Waals surface area contributed by atoms with Gasteiger partial charge in [-0.15, -0.1) is 23.7 Å². The maximum absolute atomic E-state index is 12.6. The number of H-pyrrole nitrogens is 1. The highest BCUT2D eigenvalue weighted by atomic mass is 35.5. The van der Waals surface area contributed by atoms with E-state index in [-0.39, 0.29) is 29.3 Å². The van der Waals surface area contributed by atoms with Crippen LogP contribution >= 0.6 is 23.7 Å². The van der Waals surface area contributed by atoms with Crippen molar-refractivity contribution in [1.82, 2.24) is 14.9 Å². The summed E-state index contributed by atoms with van der Waals surface area (Å²) >= 11 is 1.37. The molecule has 2 aromatic heterocycles. The maximum Gasteiger partial charge on any atom is 0.268 e. The van der Waals surface area contributed by atoms with E-state index in [1.54, 1.807) is 11.9 Å². The van der Waals surface area contributed by atoms with E-state index < -0.39 is 0 Å². The summed E-state index contributed by atoms with van der Waals surface area (Å²) in [4.78, 5) is 33.5. The van der Waals surface area contributed by atoms with E-state index in [0.717, 1.165) is 25.7 Å². The minimum Gasteiger partial charge on any atom is -0.338 e. The Kier molecular flexibility index (Phi) is 6.59. The Morgan fingerprint density at radius 3 is 2.80 bits per heavy atom. The topological polar surface area (TPSA) is 92.1 Å². The van der Waals surface area contributed by atoms with E-state index in [9.17, 15) is 9.59 Å². The predicted octanol–water partition coefficient (Wildman–Crippen LogP) is 2.66. The molecule has 25 heavy (non-hydrogen) atoms. The van der Waals surface area contributed by atoms with Crippen LogP contribution < -0.4 is 11.3 Å². The highest BCUT2D eigenvalue weighted by molar-refractivity contribution is 7.17. The summed E-state index contributed by atoms with van der Waals surface area (Å²) in [6.45, 7) is 0.864. The van der Waals surface area contributed by atoms with Crippen LogP contribution in [0.25, 0.3) is 10.2 Å². The van der Waals surface area contributed by atoms with Crippen molar-refractivity contribution in [2.45, 2.75) is 45.1 Å². The number of thiophene rings is 1. The molecule has 1 saturated carbocycles. The van der Waals surface area contributed by atoms with Crippen LogP contribution in [0, 0.1) is 5.41 Å². The van der Waals surface area contributed by atoms with E-state index in [4.69, 9.17) is 5.73 Å². The zero-order valence-electron chi connectivity index (χ0n) is 14.4. The minimum absolute atomic E-state index is 0. The molecular weight excluding hydrogens is 360 g/mol. The first-order chi connectivity index (χ1) is 11.5. The van der Waals surface area contributed by atoms with E-state index in [1.807, 2.05) is 11.4 Å². The van der Waals surface area contributed by atoms with Crippen LogP contribution in [0.4, 0.5) is 0 Å². The number of amides is 1. The lowest BCUT2D eigenvalue weighted by molar-refractivity contribution is -0.133. The standard InChI is InChI=1S/C17H24N4O2S.ClH/c1-21(14(22)9-17(11-18)6-3-2-4-7-17)10-13-19-12-5-8-24-15(12)16(23)20-13;/h5,8H,2-4,6-7,9-11,18H2,1H3,(H,19,20,23);1H. The smallest absolute Gasteiger partial charge is 0.268 e. The quantitative estimate of drug-likeness (QED) is 0.828. The number of rotatable bonds is 5. The summed E-state index contributed by atoms with van der Waals surface area (Å²) in [6.07, 6.45) is 6.07. The number of carbonyl (C=O) groups is 1. The van der Waals surface area contributed by atoms with Gasteiger partial charge in [0.25, 0.3) is 5.56 Å². The number of fused-ring (bicyclic) bond motifs is 1. The molecule has 0 bridgehead atoms. The molecule has 0 radical (unpaired) electrons. The fraction of sp³-hybridized carbons (Fsp3) is 0.588. The number of aromatic amines is 1. The van der Waals surface area contributed by atoms with Gasteiger partial charge < -0.3 is 15.6 Å². The lowest BCUT2D eigenvalue weighted by atomic mass is 9.71. The first-order valence-corrected chi connectivity index (χ1v) is 9.31. The van der Waals surface area contributed by atoms with Gasteiger partial charge in [0.1, 0.15) is 10.5 Å². The Labute approximate surface area is 157 Å². The zero-order chi connectivity index (χ0) is 17.2. The normalized spacial score (nSPS) is 16.4. The summed E-state index contributed by atoms with van der Waals surface area (Å²) in [5, 5.41) is 1.85. The SMILES string of the molecule is CN(Cc1nc2ccsc2c(=O)[nH]1)C(=O)CC1(CN)CCCCC1.Cl. The fourth-order valence-corrected chi connectivity index (χ4v) is 4.25.